The van der Waals surface area contributed by atoms with Gasteiger partial charge in [-0.15, -0.1) is 0 Å². The molecule has 3 saturated heterocycles. The van der Waals surface area contributed by atoms with Crippen molar-refractivity contribution in [1.29, 1.82) is 5.26 Å². The quantitative estimate of drug-likeness (QED) is 0.517. The second-order valence-electron chi connectivity index (χ2n) is 11.1. The van der Waals surface area contributed by atoms with Gasteiger partial charge in [0.2, 0.25) is 0 Å². The van der Waals surface area contributed by atoms with E-state index < -0.39 is 0 Å². The second kappa shape index (κ2) is 11.8. The minimum Gasteiger partial charge on any atom is -0.467 e. The van der Waals surface area contributed by atoms with E-state index >= 15 is 0 Å². The Balaban J connectivity index is 0.000000500. The molecule has 8 heteroatoms. The van der Waals surface area contributed by atoms with E-state index in [0.29, 0.717) is 24.5 Å². The van der Waals surface area contributed by atoms with Crippen LogP contribution in [0.2, 0.25) is 0 Å². The summed E-state index contributed by atoms with van der Waals surface area (Å²) in [6.45, 7) is 6.14. The van der Waals surface area contributed by atoms with Gasteiger partial charge in [0.05, 0.1) is 25.4 Å². The average Bonchev–Trinajstić information content (AvgIpc) is 3.68. The fraction of sp³-hybridized carbons (Fsp3) is 0.516. The number of fused-ring (bicyclic) bond motifs is 4. The lowest BCUT2D eigenvalue weighted by Gasteiger charge is -2.37. The maximum Gasteiger partial charge on any atom is 0.318 e. The Morgan fingerprint density at radius 3 is 2.49 bits per heavy atom. The minimum absolute atomic E-state index is 0.453. The van der Waals surface area contributed by atoms with Gasteiger partial charge in [-0.3, -0.25) is 0 Å². The summed E-state index contributed by atoms with van der Waals surface area (Å²) in [7, 11) is 1.65. The topological polar surface area (TPSA) is 89.3 Å². The molecule has 204 valence electrons. The Morgan fingerprint density at radius 1 is 1.03 bits per heavy atom. The highest BCUT2D eigenvalue weighted by molar-refractivity contribution is 5.97. The standard InChI is InChI=1S/C27H30N6O.C4H9N/c1-34-27-30-23-17-32(24-9-3-7-18-5-2-6-19(25(18)24)8-4-13-28)14-12-22(23)26(31-27)33-15-20-10-11-21(16-33)29-20;1-2-4-5-3-1/h2-3,5-7,9,20-21,29H,4,8,10-12,14-17H2,1H3;5H,1-4H2. The van der Waals surface area contributed by atoms with Gasteiger partial charge in [0.1, 0.15) is 5.82 Å². The van der Waals surface area contributed by atoms with Crippen LogP contribution in [-0.4, -0.2) is 61.9 Å². The van der Waals surface area contributed by atoms with Crippen LogP contribution >= 0.6 is 0 Å². The molecule has 2 atom stereocenters. The van der Waals surface area contributed by atoms with Crippen LogP contribution in [-0.2, 0) is 19.4 Å². The lowest BCUT2D eigenvalue weighted by Crippen LogP contribution is -2.52. The zero-order chi connectivity index (χ0) is 26.6. The SMILES string of the molecule is C1CCNC1.COc1nc2c(c(N3CC4CCC(C3)N4)n1)CCN(c1cccc3cccc(CCC#N)c13)C2. The number of methoxy groups -OCH3 is 1. The predicted molar refractivity (Wildman–Crippen MR) is 155 cm³/mol. The first-order chi connectivity index (χ1) is 19.2. The molecule has 5 heterocycles. The zero-order valence-corrected chi connectivity index (χ0v) is 23.0. The summed E-state index contributed by atoms with van der Waals surface area (Å²) in [5.74, 6) is 1.06. The second-order valence-corrected chi connectivity index (χ2v) is 11.1. The Bertz CT molecular complexity index is 1320. The molecule has 2 bridgehead atoms. The molecule has 1 aromatic heterocycles. The van der Waals surface area contributed by atoms with Gasteiger partial charge >= 0.3 is 6.01 Å². The molecule has 0 amide bonds. The van der Waals surface area contributed by atoms with Crippen molar-refractivity contribution in [2.45, 2.75) is 63.6 Å². The van der Waals surface area contributed by atoms with Crippen molar-refractivity contribution in [1.82, 2.24) is 20.6 Å². The smallest absolute Gasteiger partial charge is 0.318 e. The van der Waals surface area contributed by atoms with E-state index in [2.05, 4.69) is 62.9 Å². The van der Waals surface area contributed by atoms with Crippen LogP contribution in [0.4, 0.5) is 11.5 Å². The lowest BCUT2D eigenvalue weighted by molar-refractivity contribution is 0.374. The number of aryl methyl sites for hydroxylation is 1. The van der Waals surface area contributed by atoms with Crippen LogP contribution < -0.4 is 25.2 Å². The van der Waals surface area contributed by atoms with Crippen molar-refractivity contribution in [2.24, 2.45) is 0 Å². The maximum absolute atomic E-state index is 9.15. The number of hydrogen-bond donors (Lipinski definition) is 2. The van der Waals surface area contributed by atoms with Crippen LogP contribution in [0.5, 0.6) is 6.01 Å². The summed E-state index contributed by atoms with van der Waals surface area (Å²) in [4.78, 5) is 14.5. The number of rotatable bonds is 5. The van der Waals surface area contributed by atoms with Crippen LogP contribution in [0.1, 0.15) is 48.9 Å². The Morgan fingerprint density at radius 2 is 1.79 bits per heavy atom. The van der Waals surface area contributed by atoms with Gasteiger partial charge in [-0.05, 0) is 68.6 Å². The Kier molecular flexibility index (Phi) is 7.80. The van der Waals surface area contributed by atoms with Gasteiger partial charge in [0.15, 0.2) is 0 Å². The third kappa shape index (κ3) is 5.52. The molecule has 3 aromatic rings. The maximum atomic E-state index is 9.15. The molecule has 2 unspecified atom stereocenters. The Labute approximate surface area is 231 Å². The number of aromatic nitrogens is 2. The monoisotopic (exact) mass is 525 g/mol. The van der Waals surface area contributed by atoms with Crippen molar-refractivity contribution < 1.29 is 4.74 Å². The molecular weight excluding hydrogens is 486 g/mol. The molecule has 4 aliphatic rings. The first-order valence-corrected chi connectivity index (χ1v) is 14.5. The number of hydrogen-bond acceptors (Lipinski definition) is 8. The highest BCUT2D eigenvalue weighted by Gasteiger charge is 2.35. The van der Waals surface area contributed by atoms with E-state index in [-0.39, 0.29) is 0 Å². The normalized spacial score (nSPS) is 21.7. The number of nitriles is 1. The molecular formula is C31H39N7O. The number of piperazine rings is 1. The first-order valence-electron chi connectivity index (χ1n) is 14.5. The molecule has 3 fully saturated rings. The van der Waals surface area contributed by atoms with Gasteiger partial charge in [0, 0.05) is 54.8 Å². The van der Waals surface area contributed by atoms with Crippen molar-refractivity contribution in [2.75, 3.05) is 49.6 Å². The molecule has 0 aliphatic carbocycles. The molecule has 4 aliphatic heterocycles. The van der Waals surface area contributed by atoms with Crippen molar-refractivity contribution in [3.05, 3.63) is 53.2 Å². The van der Waals surface area contributed by atoms with E-state index in [4.69, 9.17) is 20.0 Å². The van der Waals surface area contributed by atoms with Crippen molar-refractivity contribution >= 4 is 22.3 Å². The molecule has 2 aromatic carbocycles. The van der Waals surface area contributed by atoms with Gasteiger partial charge < -0.3 is 25.2 Å². The van der Waals surface area contributed by atoms with E-state index in [1.54, 1.807) is 7.11 Å². The summed E-state index contributed by atoms with van der Waals surface area (Å²) in [5, 5.41) is 18.6. The summed E-state index contributed by atoms with van der Waals surface area (Å²) in [6.07, 6.45) is 7.46. The Hall–Kier alpha value is -3.41. The largest absolute Gasteiger partial charge is 0.467 e. The van der Waals surface area contributed by atoms with Crippen LogP contribution in [0.15, 0.2) is 36.4 Å². The molecule has 0 spiro atoms. The molecule has 7 rings (SSSR count). The molecule has 39 heavy (non-hydrogen) atoms. The fourth-order valence-corrected chi connectivity index (χ4v) is 6.60. The number of anilines is 2. The summed E-state index contributed by atoms with van der Waals surface area (Å²) in [5.41, 5.74) is 4.78. The van der Waals surface area contributed by atoms with Crippen LogP contribution in [0.25, 0.3) is 10.8 Å². The summed E-state index contributed by atoms with van der Waals surface area (Å²) in [6, 6.07) is 16.8. The molecule has 0 radical (unpaired) electrons. The zero-order valence-electron chi connectivity index (χ0n) is 23.0. The third-order valence-electron chi connectivity index (χ3n) is 8.49. The number of benzene rings is 2. The molecule has 2 N–H and O–H groups in total. The van der Waals surface area contributed by atoms with E-state index in [1.165, 1.54) is 66.4 Å². The minimum atomic E-state index is 0.453. The highest BCUT2D eigenvalue weighted by atomic mass is 16.5. The van der Waals surface area contributed by atoms with E-state index in [0.717, 1.165) is 50.5 Å². The fourth-order valence-electron chi connectivity index (χ4n) is 6.60. The number of nitrogens with one attached hydrogen (secondary N) is 2. The molecule has 8 nitrogen and oxygen atoms in total. The van der Waals surface area contributed by atoms with Crippen LogP contribution in [0.3, 0.4) is 0 Å². The highest BCUT2D eigenvalue weighted by Crippen LogP contribution is 2.36. The number of ether oxygens (including phenoxy) is 1. The van der Waals surface area contributed by atoms with Gasteiger partial charge in [0.25, 0.3) is 0 Å². The first kappa shape index (κ1) is 25.8. The number of nitrogens with zero attached hydrogens (tertiary/aromatic N) is 5. The molecule has 0 saturated carbocycles. The van der Waals surface area contributed by atoms with E-state index in [9.17, 15) is 0 Å². The van der Waals surface area contributed by atoms with Crippen molar-refractivity contribution in [3.8, 4) is 12.1 Å². The lowest BCUT2D eigenvalue weighted by atomic mass is 9.97. The van der Waals surface area contributed by atoms with Gasteiger partial charge in [-0.1, -0.05) is 30.3 Å². The third-order valence-corrected chi connectivity index (χ3v) is 8.49. The summed E-state index contributed by atoms with van der Waals surface area (Å²) < 4.78 is 5.54. The summed E-state index contributed by atoms with van der Waals surface area (Å²) >= 11 is 0. The van der Waals surface area contributed by atoms with E-state index in [1.807, 2.05) is 0 Å². The van der Waals surface area contributed by atoms with Gasteiger partial charge in [-0.2, -0.15) is 15.2 Å². The van der Waals surface area contributed by atoms with Crippen LogP contribution in [0, 0.1) is 11.3 Å². The van der Waals surface area contributed by atoms with Gasteiger partial charge in [-0.25, -0.2) is 0 Å². The average molecular weight is 526 g/mol. The predicted octanol–water partition coefficient (Wildman–Crippen LogP) is 3.97. The van der Waals surface area contributed by atoms with Crippen molar-refractivity contribution in [3.63, 3.8) is 0 Å².